The van der Waals surface area contributed by atoms with E-state index >= 15 is 0 Å². The molecular weight excluding hydrogens is 414 g/mol. The number of ether oxygens (including phenoxy) is 1. The maximum atomic E-state index is 13.2. The fourth-order valence-corrected chi connectivity index (χ4v) is 4.63. The Morgan fingerprint density at radius 3 is 2.68 bits per heavy atom. The van der Waals surface area contributed by atoms with Gasteiger partial charge < -0.3 is 10.1 Å². The number of aromatic nitrogens is 4. The summed E-state index contributed by atoms with van der Waals surface area (Å²) < 4.78 is 8.53. The summed E-state index contributed by atoms with van der Waals surface area (Å²) >= 11 is 1.29. The molecule has 9 heteroatoms. The largest absolute Gasteiger partial charge is 0.497 e. The number of hydrogen-bond acceptors (Lipinski definition) is 6. The molecular formula is C22H27N5O3S. The molecule has 1 N–H and O–H groups in total. The van der Waals surface area contributed by atoms with Crippen LogP contribution in [0, 0.1) is 0 Å². The van der Waals surface area contributed by atoms with Gasteiger partial charge in [0.2, 0.25) is 5.91 Å². The van der Waals surface area contributed by atoms with Crippen molar-refractivity contribution >= 4 is 28.7 Å². The molecule has 164 valence electrons. The maximum absolute atomic E-state index is 13.2. The summed E-state index contributed by atoms with van der Waals surface area (Å²) in [6, 6.07) is 7.83. The normalized spacial score (nSPS) is 14.3. The quantitative estimate of drug-likeness (QED) is 0.427. The summed E-state index contributed by atoms with van der Waals surface area (Å²) in [4.78, 5) is 30.3. The van der Waals surface area contributed by atoms with E-state index < -0.39 is 0 Å². The number of nitrogens with one attached hydrogen (secondary N) is 1. The van der Waals surface area contributed by atoms with Crippen LogP contribution in [-0.2, 0) is 17.9 Å². The molecule has 0 aliphatic heterocycles. The lowest BCUT2D eigenvalue weighted by Crippen LogP contribution is -2.34. The second kappa shape index (κ2) is 9.55. The van der Waals surface area contributed by atoms with Crippen LogP contribution >= 0.6 is 11.8 Å². The number of fused-ring (bicyclic) bond motifs is 1. The zero-order chi connectivity index (χ0) is 21.8. The Bertz CT molecular complexity index is 1120. The molecule has 1 amide bonds. The fourth-order valence-electron chi connectivity index (χ4n) is 3.82. The van der Waals surface area contributed by atoms with E-state index in [1.807, 2.05) is 31.2 Å². The van der Waals surface area contributed by atoms with Crippen LogP contribution in [0.3, 0.4) is 0 Å². The topological polar surface area (TPSA) is 91.0 Å². The summed E-state index contributed by atoms with van der Waals surface area (Å²) in [5.41, 5.74) is 1.63. The van der Waals surface area contributed by atoms with E-state index in [1.54, 1.807) is 22.6 Å². The minimum absolute atomic E-state index is 0.0218. The van der Waals surface area contributed by atoms with E-state index in [1.165, 1.54) is 24.6 Å². The van der Waals surface area contributed by atoms with Crippen LogP contribution in [0.1, 0.15) is 38.2 Å². The minimum Gasteiger partial charge on any atom is -0.497 e. The van der Waals surface area contributed by atoms with Gasteiger partial charge in [-0.1, -0.05) is 36.7 Å². The number of carbonyl (C=O) groups is 1. The number of hydrogen-bond donors (Lipinski definition) is 1. The monoisotopic (exact) mass is 441 g/mol. The maximum Gasteiger partial charge on any atom is 0.282 e. The molecule has 0 bridgehead atoms. The highest BCUT2D eigenvalue weighted by Crippen LogP contribution is 2.21. The minimum atomic E-state index is -0.202. The lowest BCUT2D eigenvalue weighted by molar-refractivity contribution is -0.119. The van der Waals surface area contributed by atoms with Gasteiger partial charge >= 0.3 is 0 Å². The summed E-state index contributed by atoms with van der Waals surface area (Å²) in [5.74, 6) is 0.954. The third kappa shape index (κ3) is 4.92. The van der Waals surface area contributed by atoms with Crippen molar-refractivity contribution in [2.45, 2.75) is 56.9 Å². The van der Waals surface area contributed by atoms with Crippen LogP contribution in [0.5, 0.6) is 5.75 Å². The van der Waals surface area contributed by atoms with E-state index in [-0.39, 0.29) is 23.3 Å². The molecule has 31 heavy (non-hydrogen) atoms. The van der Waals surface area contributed by atoms with Crippen molar-refractivity contribution in [3.8, 4) is 5.75 Å². The SMILES string of the molecule is CCn1cc2nc(SCC(=O)NC3CCCC3)n(Cc3ccc(OC)cc3)c(=O)c2n1. The first kappa shape index (κ1) is 21.4. The average molecular weight is 442 g/mol. The predicted octanol–water partition coefficient (Wildman–Crippen LogP) is 2.82. The molecule has 1 aliphatic carbocycles. The third-order valence-electron chi connectivity index (χ3n) is 5.51. The van der Waals surface area contributed by atoms with Gasteiger partial charge in [0.25, 0.3) is 5.56 Å². The van der Waals surface area contributed by atoms with Crippen molar-refractivity contribution in [2.75, 3.05) is 12.9 Å². The Morgan fingerprint density at radius 1 is 1.26 bits per heavy atom. The van der Waals surface area contributed by atoms with Crippen molar-refractivity contribution in [1.82, 2.24) is 24.6 Å². The zero-order valence-corrected chi connectivity index (χ0v) is 18.7. The van der Waals surface area contributed by atoms with Gasteiger partial charge in [0, 0.05) is 12.6 Å². The van der Waals surface area contributed by atoms with Gasteiger partial charge in [0.05, 0.1) is 25.6 Å². The average Bonchev–Trinajstić information content (AvgIpc) is 3.44. The number of amides is 1. The van der Waals surface area contributed by atoms with Gasteiger partial charge in [0.15, 0.2) is 10.7 Å². The standard InChI is InChI=1S/C22H27N5O3S/c1-3-26-13-18-20(25-26)21(29)27(12-15-8-10-17(30-2)11-9-15)22(24-18)31-14-19(28)23-16-6-4-5-7-16/h8-11,13,16H,3-7,12,14H2,1-2H3,(H,23,28). The molecule has 4 rings (SSSR count). The van der Waals surface area contributed by atoms with Gasteiger partial charge in [0.1, 0.15) is 11.3 Å². The van der Waals surface area contributed by atoms with E-state index in [2.05, 4.69) is 15.4 Å². The van der Waals surface area contributed by atoms with Crippen LogP contribution in [0.25, 0.3) is 11.0 Å². The number of thioether (sulfide) groups is 1. The van der Waals surface area contributed by atoms with Gasteiger partial charge in [-0.25, -0.2) is 4.98 Å². The highest BCUT2D eigenvalue weighted by Gasteiger charge is 2.19. The Balaban J connectivity index is 1.61. The molecule has 2 aromatic heterocycles. The number of nitrogens with zero attached hydrogens (tertiary/aromatic N) is 4. The first-order chi connectivity index (χ1) is 15.1. The van der Waals surface area contributed by atoms with Crippen molar-refractivity contribution in [3.63, 3.8) is 0 Å². The van der Waals surface area contributed by atoms with Gasteiger partial charge in [-0.05, 0) is 37.5 Å². The van der Waals surface area contributed by atoms with Crippen LogP contribution in [-0.4, -0.2) is 44.1 Å². The molecule has 8 nitrogen and oxygen atoms in total. The third-order valence-corrected chi connectivity index (χ3v) is 6.49. The Morgan fingerprint density at radius 2 is 2.00 bits per heavy atom. The lowest BCUT2D eigenvalue weighted by atomic mass is 10.2. The molecule has 1 aliphatic rings. The number of rotatable bonds is 8. The van der Waals surface area contributed by atoms with E-state index in [9.17, 15) is 9.59 Å². The summed E-state index contributed by atoms with van der Waals surface area (Å²) in [7, 11) is 1.62. The van der Waals surface area contributed by atoms with Crippen LogP contribution < -0.4 is 15.6 Å². The Hall–Kier alpha value is -2.81. The van der Waals surface area contributed by atoms with E-state index in [0.717, 1.165) is 24.2 Å². The van der Waals surface area contributed by atoms with Crippen LogP contribution in [0.2, 0.25) is 0 Å². The van der Waals surface area contributed by atoms with Crippen molar-refractivity contribution in [1.29, 1.82) is 0 Å². The van der Waals surface area contributed by atoms with E-state index in [0.29, 0.717) is 29.3 Å². The molecule has 0 saturated heterocycles. The number of methoxy groups -OCH3 is 1. The first-order valence-corrected chi connectivity index (χ1v) is 11.6. The molecule has 1 fully saturated rings. The molecule has 3 aromatic rings. The van der Waals surface area contributed by atoms with Crippen molar-refractivity contribution in [3.05, 3.63) is 46.4 Å². The highest BCUT2D eigenvalue weighted by atomic mass is 32.2. The lowest BCUT2D eigenvalue weighted by Gasteiger charge is -2.14. The van der Waals surface area contributed by atoms with Gasteiger partial charge in [-0.15, -0.1) is 0 Å². The Labute approximate surface area is 185 Å². The number of aryl methyl sites for hydroxylation is 1. The summed E-state index contributed by atoms with van der Waals surface area (Å²) in [5, 5.41) is 7.99. The van der Waals surface area contributed by atoms with Gasteiger partial charge in [-0.2, -0.15) is 5.10 Å². The predicted molar refractivity (Wildman–Crippen MR) is 121 cm³/mol. The van der Waals surface area contributed by atoms with Gasteiger partial charge in [-0.3, -0.25) is 18.8 Å². The first-order valence-electron chi connectivity index (χ1n) is 10.6. The molecule has 2 heterocycles. The van der Waals surface area contributed by atoms with Crippen LogP contribution in [0.15, 0.2) is 40.4 Å². The summed E-state index contributed by atoms with van der Waals surface area (Å²) in [6.45, 7) is 2.96. The molecule has 1 aromatic carbocycles. The van der Waals surface area contributed by atoms with Crippen molar-refractivity contribution < 1.29 is 9.53 Å². The molecule has 0 spiro atoms. The summed E-state index contributed by atoms with van der Waals surface area (Å²) in [6.07, 6.45) is 6.19. The van der Waals surface area contributed by atoms with E-state index in [4.69, 9.17) is 4.74 Å². The molecule has 0 radical (unpaired) electrons. The molecule has 1 saturated carbocycles. The highest BCUT2D eigenvalue weighted by molar-refractivity contribution is 7.99. The second-order valence-corrected chi connectivity index (χ2v) is 8.63. The molecule has 0 atom stereocenters. The smallest absolute Gasteiger partial charge is 0.282 e. The molecule has 0 unspecified atom stereocenters. The number of carbonyl (C=O) groups excluding carboxylic acids is 1. The number of benzene rings is 1. The van der Waals surface area contributed by atoms with Crippen LogP contribution in [0.4, 0.5) is 0 Å². The fraction of sp³-hybridized carbons (Fsp3) is 0.455. The second-order valence-electron chi connectivity index (χ2n) is 7.69. The zero-order valence-electron chi connectivity index (χ0n) is 17.8. The van der Waals surface area contributed by atoms with Crippen molar-refractivity contribution in [2.24, 2.45) is 0 Å². The Kier molecular flexibility index (Phi) is 6.60.